The molecule has 2 aliphatic heterocycles. The average Bonchev–Trinajstić information content (AvgIpc) is 3.40. The maximum atomic E-state index is 13.1. The number of carbonyl (C=O) groups excluding carboxylic acids is 1. The van der Waals surface area contributed by atoms with Gasteiger partial charge in [0.2, 0.25) is 11.0 Å². The standard InChI is InChI=1S/C25H29ClN6O3S2/c1-17(32-12-2-3-18-15-19(26)4-9-23(18)32)24(33)29-20-10-13-31(14-11-20)21-5-7-22(8-6-21)37(34,35)30-25-27-16-28-36-25/h4-9,15-17,20H,2-3,10-14H2,1H3,(H,29,33)(H,27,28,30)/t17-/m1/s1. The van der Waals surface area contributed by atoms with E-state index in [1.807, 2.05) is 37.3 Å². The molecule has 37 heavy (non-hydrogen) atoms. The summed E-state index contributed by atoms with van der Waals surface area (Å²) < 4.78 is 31.3. The lowest BCUT2D eigenvalue weighted by molar-refractivity contribution is -0.122. The van der Waals surface area contributed by atoms with Crippen LogP contribution >= 0.6 is 23.1 Å². The maximum absolute atomic E-state index is 13.1. The summed E-state index contributed by atoms with van der Waals surface area (Å²) in [6.45, 7) is 4.37. The van der Waals surface area contributed by atoms with Gasteiger partial charge in [0.15, 0.2) is 0 Å². The highest BCUT2D eigenvalue weighted by Gasteiger charge is 2.29. The van der Waals surface area contributed by atoms with Crippen molar-refractivity contribution in [2.75, 3.05) is 34.2 Å². The molecule has 0 aliphatic carbocycles. The van der Waals surface area contributed by atoms with Crippen molar-refractivity contribution in [1.82, 2.24) is 14.7 Å². The van der Waals surface area contributed by atoms with Gasteiger partial charge < -0.3 is 15.1 Å². The number of sulfonamides is 1. The normalized spacial score (nSPS) is 17.2. The number of nitrogens with zero attached hydrogens (tertiary/aromatic N) is 4. The lowest BCUT2D eigenvalue weighted by Crippen LogP contribution is -2.52. The van der Waals surface area contributed by atoms with E-state index in [2.05, 4.69) is 29.2 Å². The first-order valence-corrected chi connectivity index (χ1v) is 14.9. The van der Waals surface area contributed by atoms with Gasteiger partial charge in [0.25, 0.3) is 10.0 Å². The van der Waals surface area contributed by atoms with E-state index in [1.54, 1.807) is 12.1 Å². The van der Waals surface area contributed by atoms with Gasteiger partial charge in [-0.3, -0.25) is 9.52 Å². The smallest absolute Gasteiger partial charge is 0.263 e. The number of nitrogens with one attached hydrogen (secondary N) is 2. The molecule has 5 rings (SSSR count). The molecule has 0 bridgehead atoms. The van der Waals surface area contributed by atoms with Crippen LogP contribution in [-0.2, 0) is 21.2 Å². The molecule has 0 radical (unpaired) electrons. The lowest BCUT2D eigenvalue weighted by Gasteiger charge is -2.38. The van der Waals surface area contributed by atoms with E-state index in [0.29, 0.717) is 0 Å². The van der Waals surface area contributed by atoms with Gasteiger partial charge in [0.05, 0.1) is 4.90 Å². The summed E-state index contributed by atoms with van der Waals surface area (Å²) in [5, 5.41) is 4.21. The molecule has 1 aromatic heterocycles. The summed E-state index contributed by atoms with van der Waals surface area (Å²) in [7, 11) is -3.71. The molecule has 1 fully saturated rings. The van der Waals surface area contributed by atoms with Crippen LogP contribution in [0.5, 0.6) is 0 Å². The van der Waals surface area contributed by atoms with Crippen molar-refractivity contribution in [2.45, 2.75) is 49.6 Å². The van der Waals surface area contributed by atoms with Gasteiger partial charge in [-0.1, -0.05) is 11.6 Å². The van der Waals surface area contributed by atoms with E-state index in [1.165, 1.54) is 11.9 Å². The number of hydrogen-bond acceptors (Lipinski definition) is 8. The molecule has 0 saturated carbocycles. The minimum absolute atomic E-state index is 0.0405. The number of halogens is 1. The maximum Gasteiger partial charge on any atom is 0.263 e. The van der Waals surface area contributed by atoms with Crippen LogP contribution in [-0.4, -0.2) is 55.4 Å². The van der Waals surface area contributed by atoms with Crippen LogP contribution < -0.4 is 19.8 Å². The number of aromatic nitrogens is 2. The van der Waals surface area contributed by atoms with Gasteiger partial charge in [-0.05, 0) is 80.6 Å². The van der Waals surface area contributed by atoms with Crippen molar-refractivity contribution < 1.29 is 13.2 Å². The van der Waals surface area contributed by atoms with E-state index in [9.17, 15) is 13.2 Å². The van der Waals surface area contributed by atoms with Gasteiger partial charge in [-0.2, -0.15) is 4.37 Å². The summed E-state index contributed by atoms with van der Waals surface area (Å²) >= 11 is 7.15. The molecule has 0 spiro atoms. The second-order valence-electron chi connectivity index (χ2n) is 9.36. The van der Waals surface area contributed by atoms with Crippen LogP contribution in [0.4, 0.5) is 16.5 Å². The second kappa shape index (κ2) is 10.8. The Balaban J connectivity index is 1.15. The number of aryl methyl sites for hydroxylation is 1. The van der Waals surface area contributed by atoms with Gasteiger partial charge >= 0.3 is 0 Å². The minimum Gasteiger partial charge on any atom is -0.371 e. The largest absolute Gasteiger partial charge is 0.371 e. The molecule has 3 heterocycles. The molecule has 1 atom stereocenters. The molecule has 1 saturated heterocycles. The minimum atomic E-state index is -3.71. The molecule has 12 heteroatoms. The van der Waals surface area contributed by atoms with Crippen LogP contribution in [0.1, 0.15) is 31.7 Å². The fourth-order valence-electron chi connectivity index (χ4n) is 4.97. The van der Waals surface area contributed by atoms with E-state index < -0.39 is 10.0 Å². The van der Waals surface area contributed by atoms with Crippen molar-refractivity contribution in [3.8, 4) is 0 Å². The number of rotatable bonds is 7. The van der Waals surface area contributed by atoms with Crippen LogP contribution in [0.25, 0.3) is 0 Å². The van der Waals surface area contributed by atoms with Gasteiger partial charge in [-0.25, -0.2) is 13.4 Å². The summed E-state index contributed by atoms with van der Waals surface area (Å²) in [4.78, 5) is 21.5. The zero-order chi connectivity index (χ0) is 26.0. The van der Waals surface area contributed by atoms with Crippen LogP contribution in [0.2, 0.25) is 5.02 Å². The van der Waals surface area contributed by atoms with Crippen molar-refractivity contribution in [3.05, 3.63) is 59.4 Å². The Hall–Kier alpha value is -2.89. The van der Waals surface area contributed by atoms with Crippen molar-refractivity contribution >= 4 is 55.6 Å². The van der Waals surface area contributed by atoms with E-state index >= 15 is 0 Å². The van der Waals surface area contributed by atoms with Crippen molar-refractivity contribution in [2.24, 2.45) is 0 Å². The zero-order valence-electron chi connectivity index (χ0n) is 20.4. The van der Waals surface area contributed by atoms with Gasteiger partial charge in [0.1, 0.15) is 12.4 Å². The van der Waals surface area contributed by atoms with E-state index in [4.69, 9.17) is 11.6 Å². The fraction of sp³-hybridized carbons (Fsp3) is 0.400. The third-order valence-corrected chi connectivity index (χ3v) is 9.28. The van der Waals surface area contributed by atoms with E-state index in [-0.39, 0.29) is 28.0 Å². The number of piperidine rings is 1. The molecule has 1 amide bonds. The summed E-state index contributed by atoms with van der Waals surface area (Å²) in [5.74, 6) is 0.0405. The lowest BCUT2D eigenvalue weighted by atomic mass is 9.99. The molecule has 2 aliphatic rings. The number of amides is 1. The number of carbonyl (C=O) groups is 1. The molecular weight excluding hydrogens is 532 g/mol. The number of anilines is 3. The Labute approximate surface area is 226 Å². The van der Waals surface area contributed by atoms with Crippen LogP contribution in [0, 0.1) is 0 Å². The SMILES string of the molecule is C[C@H](C(=O)NC1CCN(c2ccc(S(=O)(=O)Nc3ncns3)cc2)CC1)N1CCCc2cc(Cl)ccc21. The van der Waals surface area contributed by atoms with Crippen molar-refractivity contribution in [1.29, 1.82) is 0 Å². The molecule has 196 valence electrons. The molecule has 2 aromatic carbocycles. The quantitative estimate of drug-likeness (QED) is 0.451. The zero-order valence-corrected chi connectivity index (χ0v) is 22.8. The molecular formula is C25H29ClN6O3S2. The third-order valence-electron chi connectivity index (χ3n) is 6.98. The summed E-state index contributed by atoms with van der Waals surface area (Å²) in [6.07, 6.45) is 4.93. The number of fused-ring (bicyclic) bond motifs is 1. The Morgan fingerprint density at radius 2 is 1.89 bits per heavy atom. The Bertz CT molecular complexity index is 1340. The third kappa shape index (κ3) is 5.83. The highest BCUT2D eigenvalue weighted by Crippen LogP contribution is 2.31. The van der Waals surface area contributed by atoms with Crippen LogP contribution in [0.15, 0.2) is 53.7 Å². The monoisotopic (exact) mass is 560 g/mol. The van der Waals surface area contributed by atoms with E-state index in [0.717, 1.165) is 73.2 Å². The Kier molecular flexibility index (Phi) is 7.55. The highest BCUT2D eigenvalue weighted by atomic mass is 35.5. The fourth-order valence-corrected chi connectivity index (χ4v) is 6.83. The molecule has 0 unspecified atom stereocenters. The van der Waals surface area contributed by atoms with Gasteiger partial charge in [-0.15, -0.1) is 0 Å². The first kappa shape index (κ1) is 25.7. The summed E-state index contributed by atoms with van der Waals surface area (Å²) in [6, 6.07) is 12.6. The Morgan fingerprint density at radius 3 is 2.59 bits per heavy atom. The first-order chi connectivity index (χ1) is 17.8. The molecule has 9 nitrogen and oxygen atoms in total. The summed E-state index contributed by atoms with van der Waals surface area (Å²) in [5.41, 5.74) is 3.25. The highest BCUT2D eigenvalue weighted by molar-refractivity contribution is 7.93. The van der Waals surface area contributed by atoms with Crippen molar-refractivity contribution in [3.63, 3.8) is 0 Å². The topological polar surface area (TPSA) is 108 Å². The predicted molar refractivity (Wildman–Crippen MR) is 147 cm³/mol. The second-order valence-corrected chi connectivity index (χ2v) is 12.3. The number of benzene rings is 2. The predicted octanol–water partition coefficient (Wildman–Crippen LogP) is 3.92. The molecule has 3 aromatic rings. The first-order valence-electron chi connectivity index (χ1n) is 12.3. The number of hydrogen-bond donors (Lipinski definition) is 2. The molecule has 2 N–H and O–H groups in total. The average molecular weight is 561 g/mol. The Morgan fingerprint density at radius 1 is 1.14 bits per heavy atom. The van der Waals surface area contributed by atoms with Crippen LogP contribution in [0.3, 0.4) is 0 Å². The van der Waals surface area contributed by atoms with Gasteiger partial charge in [0, 0.05) is 53.6 Å².